The molecular weight excluding hydrogens is 230 g/mol. The predicted octanol–water partition coefficient (Wildman–Crippen LogP) is 0.819. The highest BCUT2D eigenvalue weighted by atomic mass is 16.5. The molecule has 0 saturated heterocycles. The molecular formula is C12H15N5O. The maximum absolute atomic E-state index is 6.14. The maximum atomic E-state index is 6.14. The molecule has 6 nitrogen and oxygen atoms in total. The molecule has 0 bridgehead atoms. The first kappa shape index (κ1) is 12.3. The average molecular weight is 245 g/mol. The van der Waals surface area contributed by atoms with Crippen LogP contribution in [0.5, 0.6) is 5.88 Å². The average Bonchev–Trinajstić information content (AvgIpc) is 2.41. The van der Waals surface area contributed by atoms with Crippen LogP contribution in [0.15, 0.2) is 24.7 Å². The zero-order chi connectivity index (χ0) is 13.1. The predicted molar refractivity (Wildman–Crippen MR) is 68.0 cm³/mol. The molecule has 0 spiro atoms. The van der Waals surface area contributed by atoms with Gasteiger partial charge in [0.1, 0.15) is 12.1 Å². The number of nitrogens with zero attached hydrogens (tertiary/aromatic N) is 3. The van der Waals surface area contributed by atoms with E-state index in [0.717, 1.165) is 11.1 Å². The normalized spacial score (nSPS) is 12.2. The minimum absolute atomic E-state index is 0.408. The Morgan fingerprint density at radius 3 is 2.72 bits per heavy atom. The lowest BCUT2D eigenvalue weighted by molar-refractivity contribution is 0.395. The van der Waals surface area contributed by atoms with Crippen molar-refractivity contribution in [3.63, 3.8) is 0 Å². The molecule has 94 valence electrons. The molecule has 2 aromatic rings. The van der Waals surface area contributed by atoms with Crippen LogP contribution in [0.4, 0.5) is 5.82 Å². The third-order valence-corrected chi connectivity index (χ3v) is 2.61. The molecule has 2 heterocycles. The molecule has 18 heavy (non-hydrogen) atoms. The van der Waals surface area contributed by atoms with Crippen molar-refractivity contribution >= 4 is 5.82 Å². The van der Waals surface area contributed by atoms with Gasteiger partial charge in [-0.15, -0.1) is 0 Å². The van der Waals surface area contributed by atoms with Crippen LogP contribution in [0.25, 0.3) is 0 Å². The second kappa shape index (κ2) is 4.97. The first-order valence-corrected chi connectivity index (χ1v) is 5.45. The number of ether oxygens (including phenoxy) is 1. The molecule has 0 radical (unpaired) electrons. The Kier molecular flexibility index (Phi) is 3.38. The lowest BCUT2D eigenvalue weighted by Gasteiger charge is -2.14. The summed E-state index contributed by atoms with van der Waals surface area (Å²) in [6.45, 7) is 1.93. The zero-order valence-electron chi connectivity index (χ0n) is 10.3. The maximum Gasteiger partial charge on any atom is 0.216 e. The Bertz CT molecular complexity index is 558. The summed E-state index contributed by atoms with van der Waals surface area (Å²) in [5.41, 5.74) is 14.4. The number of hydrogen-bond donors (Lipinski definition) is 2. The Hall–Kier alpha value is -2.21. The summed E-state index contributed by atoms with van der Waals surface area (Å²) < 4.78 is 5.04. The summed E-state index contributed by atoms with van der Waals surface area (Å²) in [5.74, 6) is 0.875. The Morgan fingerprint density at radius 1 is 1.22 bits per heavy atom. The fourth-order valence-electron chi connectivity index (χ4n) is 1.65. The quantitative estimate of drug-likeness (QED) is 0.830. The summed E-state index contributed by atoms with van der Waals surface area (Å²) in [5, 5.41) is 0. The van der Waals surface area contributed by atoms with Crippen molar-refractivity contribution in [3.05, 3.63) is 41.5 Å². The number of rotatable bonds is 3. The number of nitrogen functional groups attached to an aromatic ring is 1. The molecule has 1 unspecified atom stereocenters. The van der Waals surface area contributed by atoms with Gasteiger partial charge in [-0.25, -0.2) is 15.0 Å². The van der Waals surface area contributed by atoms with Crippen LogP contribution in [-0.2, 0) is 0 Å². The van der Waals surface area contributed by atoms with Gasteiger partial charge in [0.2, 0.25) is 5.88 Å². The van der Waals surface area contributed by atoms with E-state index in [1.54, 1.807) is 19.4 Å². The molecule has 0 aliphatic rings. The van der Waals surface area contributed by atoms with Gasteiger partial charge in [0.25, 0.3) is 0 Å². The van der Waals surface area contributed by atoms with Crippen molar-refractivity contribution in [2.75, 3.05) is 12.8 Å². The lowest BCUT2D eigenvalue weighted by Crippen LogP contribution is -2.16. The SMILES string of the molecule is COc1cc(C(N)c2cc(C)cnc2N)ncn1. The molecule has 0 amide bonds. The Labute approximate surface area is 105 Å². The van der Waals surface area contributed by atoms with Crippen molar-refractivity contribution in [1.82, 2.24) is 15.0 Å². The van der Waals surface area contributed by atoms with Crippen LogP contribution >= 0.6 is 0 Å². The van der Waals surface area contributed by atoms with Crippen LogP contribution in [-0.4, -0.2) is 22.1 Å². The molecule has 2 aromatic heterocycles. The number of anilines is 1. The number of hydrogen-bond acceptors (Lipinski definition) is 6. The van der Waals surface area contributed by atoms with Crippen molar-refractivity contribution in [1.29, 1.82) is 0 Å². The topological polar surface area (TPSA) is 99.9 Å². The van der Waals surface area contributed by atoms with Crippen LogP contribution in [0.2, 0.25) is 0 Å². The number of pyridine rings is 1. The van der Waals surface area contributed by atoms with E-state index in [-0.39, 0.29) is 0 Å². The minimum atomic E-state index is -0.450. The Balaban J connectivity index is 2.40. The van der Waals surface area contributed by atoms with E-state index >= 15 is 0 Å². The molecule has 6 heteroatoms. The molecule has 0 fully saturated rings. The highest BCUT2D eigenvalue weighted by Gasteiger charge is 2.15. The molecule has 1 atom stereocenters. The highest BCUT2D eigenvalue weighted by Crippen LogP contribution is 2.23. The van der Waals surface area contributed by atoms with Gasteiger partial charge in [-0.2, -0.15) is 0 Å². The lowest BCUT2D eigenvalue weighted by atomic mass is 10.0. The second-order valence-electron chi connectivity index (χ2n) is 3.95. The number of methoxy groups -OCH3 is 1. The molecule has 0 saturated carbocycles. The molecule has 0 aliphatic heterocycles. The molecule has 0 aliphatic carbocycles. The monoisotopic (exact) mass is 245 g/mol. The highest BCUT2D eigenvalue weighted by molar-refractivity contribution is 5.45. The van der Waals surface area contributed by atoms with E-state index in [1.165, 1.54) is 6.33 Å². The summed E-state index contributed by atoms with van der Waals surface area (Å²) in [4.78, 5) is 12.2. The van der Waals surface area contributed by atoms with Gasteiger partial charge in [-0.3, -0.25) is 0 Å². The first-order chi connectivity index (χ1) is 8.61. The van der Waals surface area contributed by atoms with Gasteiger partial charge >= 0.3 is 0 Å². The zero-order valence-corrected chi connectivity index (χ0v) is 10.3. The molecule has 0 aromatic carbocycles. The van der Waals surface area contributed by atoms with Gasteiger partial charge in [-0.1, -0.05) is 0 Å². The number of aromatic nitrogens is 3. The summed E-state index contributed by atoms with van der Waals surface area (Å²) >= 11 is 0. The van der Waals surface area contributed by atoms with Crippen LogP contribution in [0.1, 0.15) is 22.9 Å². The third kappa shape index (κ3) is 2.38. The van der Waals surface area contributed by atoms with E-state index in [2.05, 4.69) is 15.0 Å². The van der Waals surface area contributed by atoms with E-state index < -0.39 is 6.04 Å². The van der Waals surface area contributed by atoms with Gasteiger partial charge in [-0.05, 0) is 18.6 Å². The van der Waals surface area contributed by atoms with Crippen molar-refractivity contribution in [3.8, 4) is 5.88 Å². The van der Waals surface area contributed by atoms with Crippen molar-refractivity contribution < 1.29 is 4.74 Å². The first-order valence-electron chi connectivity index (χ1n) is 5.45. The van der Waals surface area contributed by atoms with E-state index in [1.807, 2.05) is 13.0 Å². The largest absolute Gasteiger partial charge is 0.481 e. The number of nitrogens with two attached hydrogens (primary N) is 2. The van der Waals surface area contributed by atoms with E-state index in [4.69, 9.17) is 16.2 Å². The van der Waals surface area contributed by atoms with E-state index in [0.29, 0.717) is 17.4 Å². The Morgan fingerprint density at radius 2 is 2.00 bits per heavy atom. The summed E-state index contributed by atoms with van der Waals surface area (Å²) in [6, 6.07) is 3.14. The van der Waals surface area contributed by atoms with Gasteiger partial charge in [0.05, 0.1) is 18.8 Å². The van der Waals surface area contributed by atoms with Crippen LogP contribution < -0.4 is 16.2 Å². The van der Waals surface area contributed by atoms with Gasteiger partial charge < -0.3 is 16.2 Å². The van der Waals surface area contributed by atoms with E-state index in [9.17, 15) is 0 Å². The van der Waals surface area contributed by atoms with Crippen molar-refractivity contribution in [2.45, 2.75) is 13.0 Å². The standard InChI is InChI=1S/C12H15N5O/c1-7-3-8(12(14)15-5-7)11(13)9-4-10(18-2)17-6-16-9/h3-6,11H,13H2,1-2H3,(H2,14,15). The van der Waals surface area contributed by atoms with Gasteiger partial charge in [0, 0.05) is 17.8 Å². The van der Waals surface area contributed by atoms with Gasteiger partial charge in [0.15, 0.2) is 0 Å². The fraction of sp³-hybridized carbons (Fsp3) is 0.250. The second-order valence-corrected chi connectivity index (χ2v) is 3.95. The minimum Gasteiger partial charge on any atom is -0.481 e. The number of aryl methyl sites for hydroxylation is 1. The van der Waals surface area contributed by atoms with Crippen LogP contribution in [0, 0.1) is 6.92 Å². The summed E-state index contributed by atoms with van der Waals surface area (Å²) in [6.07, 6.45) is 3.11. The fourth-order valence-corrected chi connectivity index (χ4v) is 1.65. The molecule has 2 rings (SSSR count). The van der Waals surface area contributed by atoms with Crippen LogP contribution in [0.3, 0.4) is 0 Å². The smallest absolute Gasteiger partial charge is 0.216 e. The summed E-state index contributed by atoms with van der Waals surface area (Å²) in [7, 11) is 1.54. The van der Waals surface area contributed by atoms with Crippen molar-refractivity contribution in [2.24, 2.45) is 5.73 Å². The molecule has 4 N–H and O–H groups in total. The third-order valence-electron chi connectivity index (χ3n) is 2.61.